The summed E-state index contributed by atoms with van der Waals surface area (Å²) in [5, 5.41) is 13.6. The van der Waals surface area contributed by atoms with Gasteiger partial charge in [-0.15, -0.1) is 4.33 Å². The van der Waals surface area contributed by atoms with Crippen LogP contribution in [-0.4, -0.2) is 29.2 Å². The van der Waals surface area contributed by atoms with Crippen LogP contribution in [0.3, 0.4) is 0 Å². The van der Waals surface area contributed by atoms with Gasteiger partial charge < -0.3 is 10.1 Å². The van der Waals surface area contributed by atoms with E-state index in [2.05, 4.69) is 14.7 Å². The largest absolute Gasteiger partial charge is 0.444 e. The van der Waals surface area contributed by atoms with Gasteiger partial charge in [-0.25, -0.2) is 10.1 Å². The second-order valence-corrected chi connectivity index (χ2v) is 4.17. The molecule has 0 heterocycles. The Labute approximate surface area is 87.0 Å². The molecule has 0 aliphatic rings. The van der Waals surface area contributed by atoms with Crippen LogP contribution >= 0.6 is 12.0 Å². The third kappa shape index (κ3) is 9.59. The van der Waals surface area contributed by atoms with Crippen LogP contribution in [0.5, 0.6) is 0 Å². The fraction of sp³-hybridized carbons (Fsp3) is 0.857. The quantitative estimate of drug-likeness (QED) is 0.320. The molecule has 0 saturated heterocycles. The van der Waals surface area contributed by atoms with E-state index in [1.54, 1.807) is 20.8 Å². The normalized spacial score (nSPS) is 11.1. The average Bonchev–Trinajstić information content (AvgIpc) is 2.00. The van der Waals surface area contributed by atoms with Gasteiger partial charge in [0.2, 0.25) is 0 Å². The number of carbonyl (C=O) groups excluding carboxylic acids is 1. The molecule has 0 aromatic carbocycles. The molecule has 1 amide bonds. The third-order valence-electron chi connectivity index (χ3n) is 0.932. The third-order valence-corrected chi connectivity index (χ3v) is 1.46. The first-order valence-electron chi connectivity index (χ1n) is 4.02. The number of alkyl carbamates (subject to hydrolysis) is 1. The summed E-state index contributed by atoms with van der Waals surface area (Å²) >= 11 is 0.871. The van der Waals surface area contributed by atoms with Crippen LogP contribution in [-0.2, 0) is 14.1 Å². The van der Waals surface area contributed by atoms with E-state index in [-0.39, 0.29) is 0 Å². The first-order chi connectivity index (χ1) is 6.45. The van der Waals surface area contributed by atoms with Gasteiger partial charge in [0.05, 0.1) is 0 Å². The molecule has 6 nitrogen and oxygen atoms in total. The molecule has 0 aromatic heterocycles. The Hall–Kier alpha value is -0.500. The molecule has 0 aliphatic carbocycles. The second kappa shape index (κ2) is 6.88. The van der Waals surface area contributed by atoms with E-state index in [9.17, 15) is 4.79 Å². The lowest BCUT2D eigenvalue weighted by molar-refractivity contribution is -0.432. The highest BCUT2D eigenvalue weighted by Crippen LogP contribution is 2.06. The zero-order chi connectivity index (χ0) is 11.0. The van der Waals surface area contributed by atoms with Crippen LogP contribution < -0.4 is 5.32 Å². The number of hydrogen-bond acceptors (Lipinski definition) is 6. The number of nitrogens with one attached hydrogen (secondary N) is 1. The zero-order valence-corrected chi connectivity index (χ0v) is 9.22. The molecule has 7 heteroatoms. The summed E-state index contributed by atoms with van der Waals surface area (Å²) in [4.78, 5) is 11.0. The van der Waals surface area contributed by atoms with Crippen molar-refractivity contribution >= 4 is 18.1 Å². The molecule has 0 bridgehead atoms. The van der Waals surface area contributed by atoms with Crippen molar-refractivity contribution in [1.82, 2.24) is 5.32 Å². The Morgan fingerprint density at radius 2 is 2.14 bits per heavy atom. The van der Waals surface area contributed by atoms with Gasteiger partial charge in [-0.1, -0.05) is 5.04 Å². The van der Waals surface area contributed by atoms with Crippen LogP contribution in [0.15, 0.2) is 0 Å². The van der Waals surface area contributed by atoms with Crippen LogP contribution in [0.1, 0.15) is 20.8 Å². The summed E-state index contributed by atoms with van der Waals surface area (Å²) in [6.07, 6.45) is -0.483. The minimum absolute atomic E-state index is 0.364. The number of hydrogen-bond donors (Lipinski definition) is 2. The van der Waals surface area contributed by atoms with Crippen LogP contribution in [0, 0.1) is 0 Å². The Morgan fingerprint density at radius 1 is 1.50 bits per heavy atom. The van der Waals surface area contributed by atoms with E-state index in [0.29, 0.717) is 12.3 Å². The van der Waals surface area contributed by atoms with Gasteiger partial charge in [0.25, 0.3) is 0 Å². The summed E-state index contributed by atoms with van der Waals surface area (Å²) in [6.45, 7) is 5.71. The van der Waals surface area contributed by atoms with Crippen molar-refractivity contribution in [2.75, 3.05) is 12.3 Å². The maximum Gasteiger partial charge on any atom is 0.407 e. The van der Waals surface area contributed by atoms with Crippen molar-refractivity contribution in [3.05, 3.63) is 0 Å². The fourth-order valence-corrected chi connectivity index (χ4v) is 0.861. The van der Waals surface area contributed by atoms with Gasteiger partial charge in [0, 0.05) is 24.3 Å². The number of carbonyl (C=O) groups is 1. The number of rotatable bonds is 5. The van der Waals surface area contributed by atoms with Gasteiger partial charge in [-0.3, -0.25) is 0 Å². The molecule has 0 fully saturated rings. The highest BCUT2D eigenvalue weighted by molar-refractivity contribution is 7.94. The first-order valence-corrected chi connectivity index (χ1v) is 4.93. The smallest absolute Gasteiger partial charge is 0.407 e. The topological polar surface area (TPSA) is 77.0 Å². The van der Waals surface area contributed by atoms with Gasteiger partial charge in [0.1, 0.15) is 5.60 Å². The van der Waals surface area contributed by atoms with Crippen LogP contribution in [0.25, 0.3) is 0 Å². The minimum atomic E-state index is -0.498. The highest BCUT2D eigenvalue weighted by Gasteiger charge is 2.15. The van der Waals surface area contributed by atoms with E-state index in [0.717, 1.165) is 12.0 Å². The summed E-state index contributed by atoms with van der Waals surface area (Å²) in [5.74, 6) is 0.444. The van der Waals surface area contributed by atoms with Crippen LogP contribution in [0.2, 0.25) is 0 Å². The maximum atomic E-state index is 11.0. The maximum absolute atomic E-state index is 11.0. The Bertz CT molecular complexity index is 170. The van der Waals surface area contributed by atoms with Gasteiger partial charge >= 0.3 is 6.09 Å². The van der Waals surface area contributed by atoms with Crippen molar-refractivity contribution in [2.45, 2.75) is 26.4 Å². The Morgan fingerprint density at radius 3 is 2.64 bits per heavy atom. The van der Waals surface area contributed by atoms with E-state index in [1.807, 2.05) is 0 Å². The lowest BCUT2D eigenvalue weighted by Gasteiger charge is -2.19. The Kier molecular flexibility index (Phi) is 6.64. The van der Waals surface area contributed by atoms with E-state index in [4.69, 9.17) is 9.99 Å². The monoisotopic (exact) mass is 225 g/mol. The van der Waals surface area contributed by atoms with E-state index in [1.165, 1.54) is 0 Å². The van der Waals surface area contributed by atoms with Crippen molar-refractivity contribution in [3.8, 4) is 0 Å². The minimum Gasteiger partial charge on any atom is -0.444 e. The van der Waals surface area contributed by atoms with Gasteiger partial charge in [-0.05, 0) is 20.8 Å². The molecular formula is C7H15NO5S. The lowest BCUT2D eigenvalue weighted by Crippen LogP contribution is -2.33. The first kappa shape index (κ1) is 13.5. The molecule has 0 aliphatic heterocycles. The molecule has 2 N–H and O–H groups in total. The molecule has 0 unspecified atom stereocenters. The molecule has 14 heavy (non-hydrogen) atoms. The molecule has 0 atom stereocenters. The molecule has 0 saturated carbocycles. The molecule has 0 rings (SSSR count). The SMILES string of the molecule is CC(C)(C)OC(=O)NCCSOOO. The average molecular weight is 225 g/mol. The van der Waals surface area contributed by atoms with E-state index < -0.39 is 11.7 Å². The summed E-state index contributed by atoms with van der Waals surface area (Å²) in [6, 6.07) is 0. The van der Waals surface area contributed by atoms with Crippen molar-refractivity contribution < 1.29 is 24.2 Å². The fourth-order valence-electron chi connectivity index (χ4n) is 0.564. The zero-order valence-electron chi connectivity index (χ0n) is 8.40. The number of amides is 1. The Balaban J connectivity index is 3.36. The lowest BCUT2D eigenvalue weighted by atomic mass is 10.2. The molecule has 0 spiro atoms. The predicted octanol–water partition coefficient (Wildman–Crippen LogP) is 1.58. The molecule has 0 aromatic rings. The van der Waals surface area contributed by atoms with Crippen molar-refractivity contribution in [3.63, 3.8) is 0 Å². The summed E-state index contributed by atoms with van der Waals surface area (Å²) in [5.41, 5.74) is -0.498. The molecular weight excluding hydrogens is 210 g/mol. The molecule has 0 radical (unpaired) electrons. The van der Waals surface area contributed by atoms with Crippen molar-refractivity contribution in [2.24, 2.45) is 0 Å². The van der Waals surface area contributed by atoms with Gasteiger partial charge in [-0.2, -0.15) is 0 Å². The summed E-state index contributed by atoms with van der Waals surface area (Å²) in [7, 11) is 0. The predicted molar refractivity (Wildman–Crippen MR) is 51.5 cm³/mol. The summed E-state index contributed by atoms with van der Waals surface area (Å²) < 4.78 is 9.06. The van der Waals surface area contributed by atoms with E-state index >= 15 is 0 Å². The standard InChI is InChI=1S/C7H15NO5S/c1-7(2,3)11-6(9)8-4-5-14-13-12-10/h10H,4-5H2,1-3H3,(H,8,9). The number of ether oxygens (including phenoxy) is 1. The van der Waals surface area contributed by atoms with Crippen LogP contribution in [0.4, 0.5) is 4.79 Å². The van der Waals surface area contributed by atoms with Crippen molar-refractivity contribution in [1.29, 1.82) is 0 Å². The van der Waals surface area contributed by atoms with Gasteiger partial charge in [0.15, 0.2) is 0 Å². The molecule has 84 valence electrons. The highest BCUT2D eigenvalue weighted by atomic mass is 32.2. The second-order valence-electron chi connectivity index (χ2n) is 3.39.